The highest BCUT2D eigenvalue weighted by molar-refractivity contribution is 7.91. The van der Waals surface area contributed by atoms with Gasteiger partial charge in [0.15, 0.2) is 0 Å². The Morgan fingerprint density at radius 3 is 2.45 bits per heavy atom. The summed E-state index contributed by atoms with van der Waals surface area (Å²) < 4.78 is 33.2. The van der Waals surface area contributed by atoms with Gasteiger partial charge in [0.2, 0.25) is 15.0 Å². The van der Waals surface area contributed by atoms with Crippen molar-refractivity contribution in [2.45, 2.75) is 57.2 Å². The minimum absolute atomic E-state index is 0.153. The lowest BCUT2D eigenvalue weighted by Gasteiger charge is -2.18. The lowest BCUT2D eigenvalue weighted by Crippen LogP contribution is -2.23. The first-order valence-electron chi connectivity index (χ1n) is 9.83. The van der Waals surface area contributed by atoms with E-state index in [0.717, 1.165) is 23.6 Å². The van der Waals surface area contributed by atoms with Gasteiger partial charge in [-0.1, -0.05) is 30.3 Å². The second-order valence-corrected chi connectivity index (χ2v) is 10.1. The second kappa shape index (κ2) is 8.97. The molecular weight excluding hydrogens is 386 g/mol. The van der Waals surface area contributed by atoms with Crippen LogP contribution >= 0.6 is 0 Å². The molecule has 3 aromatic rings. The molecule has 0 amide bonds. The lowest BCUT2D eigenvalue weighted by molar-refractivity contribution is 0.277. The Morgan fingerprint density at radius 1 is 1.10 bits per heavy atom. The van der Waals surface area contributed by atoms with E-state index in [0.29, 0.717) is 19.6 Å². The molecule has 6 nitrogen and oxygen atoms in total. The van der Waals surface area contributed by atoms with Crippen molar-refractivity contribution in [2.24, 2.45) is 0 Å². The number of sulfone groups is 1. The molecule has 3 rings (SSSR count). The van der Waals surface area contributed by atoms with Gasteiger partial charge in [-0.25, -0.2) is 13.4 Å². The summed E-state index contributed by atoms with van der Waals surface area (Å²) in [6, 6.07) is 14.0. The Morgan fingerprint density at radius 2 is 1.83 bits per heavy atom. The Balaban J connectivity index is 1.84. The molecule has 0 spiro atoms. The number of nitrogens with zero attached hydrogens (tertiary/aromatic N) is 3. The molecule has 0 aliphatic heterocycles. The molecule has 1 aromatic carbocycles. The van der Waals surface area contributed by atoms with E-state index in [1.54, 1.807) is 20.0 Å². The molecule has 2 aromatic heterocycles. The largest absolute Gasteiger partial charge is 0.465 e. The van der Waals surface area contributed by atoms with Crippen molar-refractivity contribution in [1.82, 2.24) is 14.5 Å². The van der Waals surface area contributed by atoms with E-state index in [-0.39, 0.29) is 5.16 Å². The Kier molecular flexibility index (Phi) is 6.59. The van der Waals surface area contributed by atoms with Crippen LogP contribution in [0.2, 0.25) is 0 Å². The van der Waals surface area contributed by atoms with Crippen molar-refractivity contribution in [1.29, 1.82) is 0 Å². The molecule has 0 N–H and O–H groups in total. The first-order chi connectivity index (χ1) is 13.8. The highest BCUT2D eigenvalue weighted by Gasteiger charge is 2.27. The highest BCUT2D eigenvalue weighted by atomic mass is 32.2. The van der Waals surface area contributed by atoms with Gasteiger partial charge >= 0.3 is 0 Å². The van der Waals surface area contributed by atoms with Gasteiger partial charge in [0, 0.05) is 13.1 Å². The molecule has 7 heteroatoms. The summed E-state index contributed by atoms with van der Waals surface area (Å²) in [5.74, 6) is 1.77. The summed E-state index contributed by atoms with van der Waals surface area (Å²) in [6.45, 7) is 7.09. The maximum atomic E-state index is 12.8. The molecule has 0 saturated heterocycles. The fourth-order valence-electron chi connectivity index (χ4n) is 3.25. The minimum atomic E-state index is -3.47. The number of benzene rings is 1. The third-order valence-corrected chi connectivity index (χ3v) is 6.97. The Labute approximate surface area is 173 Å². The van der Waals surface area contributed by atoms with Gasteiger partial charge in [0.05, 0.1) is 23.7 Å². The highest BCUT2D eigenvalue weighted by Crippen LogP contribution is 2.20. The fourth-order valence-corrected chi connectivity index (χ4v) is 4.39. The van der Waals surface area contributed by atoms with Crippen LogP contribution in [0, 0.1) is 6.92 Å². The van der Waals surface area contributed by atoms with E-state index >= 15 is 0 Å². The molecule has 0 radical (unpaired) electrons. The van der Waals surface area contributed by atoms with E-state index in [4.69, 9.17) is 4.42 Å². The van der Waals surface area contributed by atoms with Crippen LogP contribution < -0.4 is 0 Å². The maximum Gasteiger partial charge on any atom is 0.228 e. The predicted octanol–water partition coefficient (Wildman–Crippen LogP) is 3.84. The van der Waals surface area contributed by atoms with Gasteiger partial charge in [-0.05, 0) is 51.9 Å². The number of rotatable bonds is 9. The molecule has 0 saturated carbocycles. The summed E-state index contributed by atoms with van der Waals surface area (Å²) >= 11 is 0. The zero-order valence-corrected chi connectivity index (χ0v) is 18.3. The molecule has 156 valence electrons. The quantitative estimate of drug-likeness (QED) is 0.531. The van der Waals surface area contributed by atoms with Gasteiger partial charge in [-0.15, -0.1) is 0 Å². The van der Waals surface area contributed by atoms with Crippen molar-refractivity contribution >= 4 is 9.84 Å². The lowest BCUT2D eigenvalue weighted by atomic mass is 10.1. The van der Waals surface area contributed by atoms with Crippen molar-refractivity contribution in [3.8, 4) is 0 Å². The van der Waals surface area contributed by atoms with Gasteiger partial charge in [-0.3, -0.25) is 4.90 Å². The van der Waals surface area contributed by atoms with Crippen LogP contribution in [0.15, 0.2) is 58.2 Å². The van der Waals surface area contributed by atoms with Crippen LogP contribution in [0.5, 0.6) is 0 Å². The van der Waals surface area contributed by atoms with Gasteiger partial charge in [-0.2, -0.15) is 0 Å². The third kappa shape index (κ3) is 5.16. The van der Waals surface area contributed by atoms with E-state index in [2.05, 4.69) is 22.0 Å². The van der Waals surface area contributed by atoms with Crippen LogP contribution in [-0.2, 0) is 35.9 Å². The van der Waals surface area contributed by atoms with Gasteiger partial charge in [0.25, 0.3) is 0 Å². The molecule has 0 bridgehead atoms. The molecular formula is C22H29N3O3S. The summed E-state index contributed by atoms with van der Waals surface area (Å²) in [5.41, 5.74) is 2.05. The average molecular weight is 416 g/mol. The van der Waals surface area contributed by atoms with E-state index in [9.17, 15) is 8.42 Å². The third-order valence-electron chi connectivity index (χ3n) is 4.90. The second-order valence-electron chi connectivity index (χ2n) is 7.70. The zero-order valence-electron chi connectivity index (χ0n) is 17.5. The molecule has 0 unspecified atom stereocenters. The average Bonchev–Trinajstić information content (AvgIpc) is 3.27. The number of aromatic nitrogens is 2. The first-order valence-corrected chi connectivity index (χ1v) is 11.4. The van der Waals surface area contributed by atoms with Crippen molar-refractivity contribution in [2.75, 3.05) is 7.05 Å². The number of imidazole rings is 1. The summed E-state index contributed by atoms with van der Waals surface area (Å²) in [5, 5.41) is -0.363. The number of hydrogen-bond donors (Lipinski definition) is 0. The molecule has 0 aliphatic rings. The van der Waals surface area contributed by atoms with Crippen molar-refractivity contribution in [3.63, 3.8) is 0 Å². The normalized spacial score (nSPS) is 12.2. The maximum absolute atomic E-state index is 12.8. The van der Waals surface area contributed by atoms with E-state index in [1.807, 2.05) is 48.9 Å². The van der Waals surface area contributed by atoms with Crippen LogP contribution in [0.4, 0.5) is 0 Å². The summed E-state index contributed by atoms with van der Waals surface area (Å²) in [7, 11) is -1.48. The van der Waals surface area contributed by atoms with Crippen LogP contribution in [0.3, 0.4) is 0 Å². The van der Waals surface area contributed by atoms with Crippen molar-refractivity contribution < 1.29 is 12.8 Å². The van der Waals surface area contributed by atoms with Crippen LogP contribution in [0.1, 0.15) is 36.6 Å². The minimum Gasteiger partial charge on any atom is -0.465 e. The number of furan rings is 1. The summed E-state index contributed by atoms with van der Waals surface area (Å²) in [6.07, 6.45) is 2.43. The smallest absolute Gasteiger partial charge is 0.228 e. The molecule has 2 heterocycles. The van der Waals surface area contributed by atoms with Gasteiger partial charge in [0.1, 0.15) is 11.5 Å². The van der Waals surface area contributed by atoms with Gasteiger partial charge < -0.3 is 8.98 Å². The molecule has 29 heavy (non-hydrogen) atoms. The van der Waals surface area contributed by atoms with E-state index in [1.165, 1.54) is 5.56 Å². The zero-order chi connectivity index (χ0) is 21.0. The topological polar surface area (TPSA) is 68.3 Å². The SMILES string of the molecule is Cc1ccc(CN(C)Cc2cnc(S(=O)(=O)C(C)C)n2CCc2ccccc2)o1. The van der Waals surface area contributed by atoms with Crippen molar-refractivity contribution in [3.05, 3.63) is 71.4 Å². The monoisotopic (exact) mass is 415 g/mol. The standard InChI is InChI=1S/C22H29N3O3S/c1-17(2)29(26,27)22-23-14-20(15-24(4)16-21-11-10-18(3)28-21)25(22)13-12-19-8-6-5-7-9-19/h5-11,14,17H,12-13,15-16H2,1-4H3. The molecule has 0 atom stereocenters. The Hall–Kier alpha value is -2.38. The fraction of sp³-hybridized carbons (Fsp3) is 0.409. The molecule has 0 fully saturated rings. The number of hydrogen-bond acceptors (Lipinski definition) is 5. The summed E-state index contributed by atoms with van der Waals surface area (Å²) in [4.78, 5) is 6.41. The first kappa shape index (κ1) is 21.3. The van der Waals surface area contributed by atoms with E-state index < -0.39 is 15.1 Å². The molecule has 0 aliphatic carbocycles. The predicted molar refractivity (Wildman–Crippen MR) is 113 cm³/mol. The number of aryl methyl sites for hydroxylation is 2. The van der Waals surface area contributed by atoms with Crippen LogP contribution in [-0.4, -0.2) is 35.2 Å². The Bertz CT molecular complexity index is 1040. The van der Waals surface area contributed by atoms with Crippen LogP contribution in [0.25, 0.3) is 0 Å².